The number of piperidine rings is 1. The van der Waals surface area contributed by atoms with Crippen molar-refractivity contribution >= 4 is 11.8 Å². The van der Waals surface area contributed by atoms with Gasteiger partial charge in [-0.15, -0.1) is 11.8 Å². The van der Waals surface area contributed by atoms with Crippen molar-refractivity contribution in [1.82, 2.24) is 9.80 Å². The molecule has 1 aliphatic carbocycles. The SMILES string of the molecule is CSc1cccc(CN2CCC3(CCCN(CC4CC4)C3)C2)c1. The molecule has 0 amide bonds. The van der Waals surface area contributed by atoms with Crippen molar-refractivity contribution in [3.05, 3.63) is 29.8 Å². The van der Waals surface area contributed by atoms with E-state index in [1.807, 2.05) is 11.8 Å². The molecule has 1 atom stereocenters. The lowest BCUT2D eigenvalue weighted by Gasteiger charge is -2.40. The summed E-state index contributed by atoms with van der Waals surface area (Å²) in [5, 5.41) is 0. The summed E-state index contributed by atoms with van der Waals surface area (Å²) < 4.78 is 0. The van der Waals surface area contributed by atoms with Crippen LogP contribution in [0.2, 0.25) is 0 Å². The van der Waals surface area contributed by atoms with E-state index in [1.54, 1.807) is 0 Å². The summed E-state index contributed by atoms with van der Waals surface area (Å²) >= 11 is 1.85. The fourth-order valence-electron chi connectivity index (χ4n) is 4.66. The molecule has 1 aromatic rings. The Morgan fingerprint density at radius 2 is 2.00 bits per heavy atom. The van der Waals surface area contributed by atoms with E-state index in [9.17, 15) is 0 Å². The maximum absolute atomic E-state index is 2.79. The molecule has 0 N–H and O–H groups in total. The van der Waals surface area contributed by atoms with E-state index < -0.39 is 0 Å². The third-order valence-electron chi connectivity index (χ3n) is 6.01. The first-order valence-corrected chi connectivity index (χ1v) is 10.5. The molecule has 2 aliphatic heterocycles. The van der Waals surface area contributed by atoms with Crippen LogP contribution in [0, 0.1) is 11.3 Å². The van der Waals surface area contributed by atoms with Gasteiger partial charge in [-0.25, -0.2) is 0 Å². The second-order valence-electron chi connectivity index (χ2n) is 8.09. The number of nitrogens with zero attached hydrogens (tertiary/aromatic N) is 2. The van der Waals surface area contributed by atoms with Crippen LogP contribution in [0.15, 0.2) is 29.2 Å². The van der Waals surface area contributed by atoms with Gasteiger partial charge in [-0.2, -0.15) is 0 Å². The van der Waals surface area contributed by atoms with Crippen molar-refractivity contribution in [3.8, 4) is 0 Å². The van der Waals surface area contributed by atoms with Gasteiger partial charge in [0.1, 0.15) is 0 Å². The molecular formula is C20H30N2S. The fraction of sp³-hybridized carbons (Fsp3) is 0.700. The van der Waals surface area contributed by atoms with Crippen LogP contribution in [0.25, 0.3) is 0 Å². The highest BCUT2D eigenvalue weighted by molar-refractivity contribution is 7.98. The number of benzene rings is 1. The molecular weight excluding hydrogens is 300 g/mol. The summed E-state index contributed by atoms with van der Waals surface area (Å²) in [4.78, 5) is 6.89. The van der Waals surface area contributed by atoms with Gasteiger partial charge < -0.3 is 4.90 Å². The van der Waals surface area contributed by atoms with E-state index >= 15 is 0 Å². The van der Waals surface area contributed by atoms with Gasteiger partial charge in [-0.3, -0.25) is 4.90 Å². The smallest absolute Gasteiger partial charge is 0.0234 e. The van der Waals surface area contributed by atoms with Crippen LogP contribution < -0.4 is 0 Å². The van der Waals surface area contributed by atoms with E-state index in [1.165, 1.54) is 75.3 Å². The maximum Gasteiger partial charge on any atom is 0.0234 e. The summed E-state index contributed by atoms with van der Waals surface area (Å²) in [6.07, 6.45) is 9.43. The predicted molar refractivity (Wildman–Crippen MR) is 98.9 cm³/mol. The summed E-state index contributed by atoms with van der Waals surface area (Å²) in [6.45, 7) is 7.85. The Morgan fingerprint density at radius 1 is 1.13 bits per heavy atom. The van der Waals surface area contributed by atoms with Crippen LogP contribution in [-0.2, 0) is 6.54 Å². The Balaban J connectivity index is 1.35. The zero-order valence-corrected chi connectivity index (χ0v) is 15.3. The van der Waals surface area contributed by atoms with Gasteiger partial charge in [-0.05, 0) is 80.5 Å². The van der Waals surface area contributed by atoms with E-state index in [4.69, 9.17) is 0 Å². The van der Waals surface area contributed by atoms with Gasteiger partial charge in [0.15, 0.2) is 0 Å². The first-order chi connectivity index (χ1) is 11.2. The van der Waals surface area contributed by atoms with Crippen molar-refractivity contribution in [1.29, 1.82) is 0 Å². The summed E-state index contributed by atoms with van der Waals surface area (Å²) in [5.74, 6) is 1.04. The van der Waals surface area contributed by atoms with Crippen molar-refractivity contribution in [2.45, 2.75) is 43.5 Å². The van der Waals surface area contributed by atoms with Crippen LogP contribution in [0.1, 0.15) is 37.7 Å². The quantitative estimate of drug-likeness (QED) is 0.750. The Bertz CT molecular complexity index is 542. The molecule has 3 fully saturated rings. The van der Waals surface area contributed by atoms with Crippen molar-refractivity contribution in [2.75, 3.05) is 39.0 Å². The second kappa shape index (κ2) is 6.78. The highest BCUT2D eigenvalue weighted by Gasteiger charge is 2.41. The molecule has 4 rings (SSSR count). The molecule has 2 heterocycles. The number of thioether (sulfide) groups is 1. The zero-order valence-electron chi connectivity index (χ0n) is 14.5. The molecule has 2 saturated heterocycles. The third-order valence-corrected chi connectivity index (χ3v) is 6.74. The lowest BCUT2D eigenvalue weighted by atomic mass is 9.79. The summed E-state index contributed by atoms with van der Waals surface area (Å²) in [6, 6.07) is 9.10. The molecule has 0 radical (unpaired) electrons. The Labute approximate surface area is 145 Å². The first-order valence-electron chi connectivity index (χ1n) is 9.32. The minimum atomic E-state index is 0.601. The van der Waals surface area contributed by atoms with Crippen molar-refractivity contribution in [2.24, 2.45) is 11.3 Å². The standard InChI is InChI=1S/C20H30N2S/c1-23-19-5-2-4-18(12-19)14-22-11-9-20(16-22)8-3-10-21(15-20)13-17-6-7-17/h2,4-5,12,17H,3,6-11,13-16H2,1H3. The molecule has 1 unspecified atom stereocenters. The molecule has 3 heteroatoms. The minimum Gasteiger partial charge on any atom is -0.302 e. The molecule has 0 aromatic heterocycles. The van der Waals surface area contributed by atoms with Gasteiger partial charge in [0.25, 0.3) is 0 Å². The Morgan fingerprint density at radius 3 is 2.83 bits per heavy atom. The Hall–Kier alpha value is -0.510. The maximum atomic E-state index is 2.79. The summed E-state index contributed by atoms with van der Waals surface area (Å²) in [7, 11) is 0. The topological polar surface area (TPSA) is 6.48 Å². The normalized spacial score (nSPS) is 29.4. The number of rotatable bonds is 5. The molecule has 2 nitrogen and oxygen atoms in total. The van der Waals surface area contributed by atoms with Crippen molar-refractivity contribution in [3.63, 3.8) is 0 Å². The van der Waals surface area contributed by atoms with Crippen LogP contribution in [0.5, 0.6) is 0 Å². The van der Waals surface area contributed by atoms with Gasteiger partial charge in [0.2, 0.25) is 0 Å². The third kappa shape index (κ3) is 3.94. The van der Waals surface area contributed by atoms with Gasteiger partial charge in [0.05, 0.1) is 0 Å². The molecule has 126 valence electrons. The molecule has 0 bridgehead atoms. The van der Waals surface area contributed by atoms with E-state index in [-0.39, 0.29) is 0 Å². The van der Waals surface area contributed by atoms with Crippen LogP contribution in [0.4, 0.5) is 0 Å². The summed E-state index contributed by atoms with van der Waals surface area (Å²) in [5.41, 5.74) is 2.09. The van der Waals surface area contributed by atoms with Crippen LogP contribution >= 0.6 is 11.8 Å². The molecule has 1 spiro atoms. The highest BCUT2D eigenvalue weighted by atomic mass is 32.2. The fourth-order valence-corrected chi connectivity index (χ4v) is 5.14. The monoisotopic (exact) mass is 330 g/mol. The second-order valence-corrected chi connectivity index (χ2v) is 8.97. The van der Waals surface area contributed by atoms with E-state index in [0.29, 0.717) is 5.41 Å². The van der Waals surface area contributed by atoms with Gasteiger partial charge in [0, 0.05) is 31.1 Å². The van der Waals surface area contributed by atoms with Crippen LogP contribution in [-0.4, -0.2) is 48.8 Å². The average Bonchev–Trinajstić information content (AvgIpc) is 3.30. The average molecular weight is 331 g/mol. The minimum absolute atomic E-state index is 0.601. The van der Waals surface area contributed by atoms with E-state index in [2.05, 4.69) is 40.3 Å². The lowest BCUT2D eigenvalue weighted by Crippen LogP contribution is -2.45. The van der Waals surface area contributed by atoms with Crippen LogP contribution in [0.3, 0.4) is 0 Å². The molecule has 1 saturated carbocycles. The first kappa shape index (κ1) is 16.0. The number of hydrogen-bond acceptors (Lipinski definition) is 3. The Kier molecular flexibility index (Phi) is 4.71. The highest BCUT2D eigenvalue weighted by Crippen LogP contribution is 2.41. The van der Waals surface area contributed by atoms with Gasteiger partial charge in [-0.1, -0.05) is 12.1 Å². The van der Waals surface area contributed by atoms with Gasteiger partial charge >= 0.3 is 0 Å². The molecule has 3 aliphatic rings. The lowest BCUT2D eigenvalue weighted by molar-refractivity contribution is 0.0884. The molecule has 1 aromatic carbocycles. The number of likely N-dealkylation sites (tertiary alicyclic amines) is 2. The van der Waals surface area contributed by atoms with Crippen molar-refractivity contribution < 1.29 is 0 Å². The largest absolute Gasteiger partial charge is 0.302 e. The predicted octanol–water partition coefficient (Wildman–Crippen LogP) is 4.11. The number of hydrogen-bond donors (Lipinski definition) is 0. The zero-order chi connectivity index (χ0) is 15.7. The molecule has 23 heavy (non-hydrogen) atoms. The van der Waals surface area contributed by atoms with E-state index in [0.717, 1.165) is 12.5 Å².